The van der Waals surface area contributed by atoms with Gasteiger partial charge in [-0.05, 0) is 20.4 Å². The first kappa shape index (κ1) is 12.9. The molecule has 0 bridgehead atoms. The van der Waals surface area contributed by atoms with Crippen molar-refractivity contribution in [2.75, 3.05) is 20.2 Å². The fourth-order valence-electron chi connectivity index (χ4n) is 0.937. The maximum atomic E-state index is 11.3. The van der Waals surface area contributed by atoms with E-state index >= 15 is 0 Å². The molecule has 14 heavy (non-hydrogen) atoms. The van der Waals surface area contributed by atoms with Gasteiger partial charge in [0.25, 0.3) is 0 Å². The second-order valence-electron chi connectivity index (χ2n) is 3.45. The summed E-state index contributed by atoms with van der Waals surface area (Å²) in [5, 5.41) is 5.43. The monoisotopic (exact) mass is 202 g/mol. The minimum Gasteiger partial charge on any atom is -0.467 e. The molecule has 0 aliphatic heterocycles. The molecule has 0 spiro atoms. The Morgan fingerprint density at radius 3 is 2.36 bits per heavy atom. The summed E-state index contributed by atoms with van der Waals surface area (Å²) in [7, 11) is 1.29. The Morgan fingerprint density at radius 1 is 1.36 bits per heavy atom. The molecule has 5 nitrogen and oxygen atoms in total. The summed E-state index contributed by atoms with van der Waals surface area (Å²) in [6, 6.07) is 0. The summed E-state index contributed by atoms with van der Waals surface area (Å²) in [4.78, 5) is 22.4. The second kappa shape index (κ2) is 5.59. The van der Waals surface area contributed by atoms with Gasteiger partial charge in [-0.2, -0.15) is 0 Å². The van der Waals surface area contributed by atoms with Gasteiger partial charge in [-0.25, -0.2) is 4.79 Å². The Balaban J connectivity index is 4.08. The molecular formula is C9H18N2O3. The molecular weight excluding hydrogens is 184 g/mol. The van der Waals surface area contributed by atoms with Crippen LogP contribution in [-0.2, 0) is 14.3 Å². The van der Waals surface area contributed by atoms with Gasteiger partial charge in [0.1, 0.15) is 5.54 Å². The van der Waals surface area contributed by atoms with Crippen LogP contribution in [0.4, 0.5) is 0 Å². The Labute approximate surface area is 84.2 Å². The van der Waals surface area contributed by atoms with Gasteiger partial charge in [0.2, 0.25) is 5.91 Å². The number of amides is 1. The molecule has 0 saturated carbocycles. The number of likely N-dealkylation sites (N-methyl/N-ethyl adjacent to an activating group) is 1. The van der Waals surface area contributed by atoms with Crippen molar-refractivity contribution in [3.8, 4) is 0 Å². The molecule has 0 aliphatic carbocycles. The topological polar surface area (TPSA) is 67.4 Å². The van der Waals surface area contributed by atoms with E-state index in [4.69, 9.17) is 0 Å². The van der Waals surface area contributed by atoms with Crippen molar-refractivity contribution in [3.05, 3.63) is 0 Å². The zero-order chi connectivity index (χ0) is 11.2. The minimum absolute atomic E-state index is 0.205. The predicted octanol–water partition coefficient (Wildman–Crippen LogP) is -0.336. The van der Waals surface area contributed by atoms with Gasteiger partial charge in [-0.1, -0.05) is 6.92 Å². The first-order chi connectivity index (χ1) is 6.44. The van der Waals surface area contributed by atoms with E-state index in [0.29, 0.717) is 6.54 Å². The molecule has 0 atom stereocenters. The molecule has 2 N–H and O–H groups in total. The van der Waals surface area contributed by atoms with E-state index < -0.39 is 11.5 Å². The minimum atomic E-state index is -0.971. The van der Waals surface area contributed by atoms with E-state index in [1.54, 1.807) is 13.8 Å². The lowest BCUT2D eigenvalue weighted by Crippen LogP contribution is -2.52. The number of nitrogens with one attached hydrogen (secondary N) is 2. The van der Waals surface area contributed by atoms with Gasteiger partial charge >= 0.3 is 5.97 Å². The third-order valence-corrected chi connectivity index (χ3v) is 1.68. The van der Waals surface area contributed by atoms with Crippen molar-refractivity contribution in [2.45, 2.75) is 26.3 Å². The molecule has 0 unspecified atom stereocenters. The number of hydrogen-bond acceptors (Lipinski definition) is 4. The molecule has 0 heterocycles. The van der Waals surface area contributed by atoms with E-state index in [1.807, 2.05) is 6.92 Å². The number of rotatable bonds is 5. The summed E-state index contributed by atoms with van der Waals surface area (Å²) in [6.07, 6.45) is 0. The number of methoxy groups -OCH3 is 1. The Hall–Kier alpha value is -1.10. The van der Waals surface area contributed by atoms with E-state index in [1.165, 1.54) is 7.11 Å². The molecule has 0 aromatic carbocycles. The molecule has 0 radical (unpaired) electrons. The number of ether oxygens (including phenoxy) is 1. The SMILES string of the molecule is CCNCC(=O)NC(C)(C)C(=O)OC. The zero-order valence-corrected chi connectivity index (χ0v) is 9.14. The summed E-state index contributed by atoms with van der Waals surface area (Å²) < 4.78 is 4.55. The summed E-state index contributed by atoms with van der Waals surface area (Å²) in [5.74, 6) is -0.676. The quantitative estimate of drug-likeness (QED) is 0.599. The van der Waals surface area contributed by atoms with E-state index in [0.717, 1.165) is 0 Å². The number of carbonyl (C=O) groups excluding carboxylic acids is 2. The van der Waals surface area contributed by atoms with E-state index in [-0.39, 0.29) is 12.5 Å². The lowest BCUT2D eigenvalue weighted by Gasteiger charge is -2.22. The summed E-state index contributed by atoms with van der Waals surface area (Å²) >= 11 is 0. The summed E-state index contributed by atoms with van der Waals surface area (Å²) in [5.41, 5.74) is -0.971. The van der Waals surface area contributed by atoms with Crippen molar-refractivity contribution >= 4 is 11.9 Å². The van der Waals surface area contributed by atoms with Crippen molar-refractivity contribution < 1.29 is 14.3 Å². The normalized spacial score (nSPS) is 10.9. The number of carbonyl (C=O) groups is 2. The van der Waals surface area contributed by atoms with Crippen LogP contribution in [0.25, 0.3) is 0 Å². The highest BCUT2D eigenvalue weighted by Gasteiger charge is 2.29. The number of esters is 1. The lowest BCUT2D eigenvalue weighted by atomic mass is 10.1. The molecule has 5 heteroatoms. The second-order valence-corrected chi connectivity index (χ2v) is 3.45. The Bertz CT molecular complexity index is 214. The van der Waals surface area contributed by atoms with Crippen molar-refractivity contribution in [1.82, 2.24) is 10.6 Å². The maximum Gasteiger partial charge on any atom is 0.330 e. The highest BCUT2D eigenvalue weighted by molar-refractivity contribution is 5.88. The van der Waals surface area contributed by atoms with Crippen LogP contribution >= 0.6 is 0 Å². The van der Waals surface area contributed by atoms with Crippen molar-refractivity contribution in [1.29, 1.82) is 0 Å². The van der Waals surface area contributed by atoms with Gasteiger partial charge in [0.05, 0.1) is 13.7 Å². The molecule has 0 fully saturated rings. The standard InChI is InChI=1S/C9H18N2O3/c1-5-10-6-7(12)11-9(2,3)8(13)14-4/h10H,5-6H2,1-4H3,(H,11,12). The maximum absolute atomic E-state index is 11.3. The van der Waals surface area contributed by atoms with Crippen molar-refractivity contribution in [2.24, 2.45) is 0 Å². The smallest absolute Gasteiger partial charge is 0.330 e. The molecule has 0 aromatic rings. The molecule has 0 aliphatic rings. The molecule has 1 amide bonds. The molecule has 0 aromatic heterocycles. The van der Waals surface area contributed by atoms with Crippen LogP contribution in [0.3, 0.4) is 0 Å². The zero-order valence-electron chi connectivity index (χ0n) is 9.14. The van der Waals surface area contributed by atoms with E-state index in [9.17, 15) is 9.59 Å². The fraction of sp³-hybridized carbons (Fsp3) is 0.778. The van der Waals surface area contributed by atoms with Crippen LogP contribution in [0, 0.1) is 0 Å². The Kier molecular flexibility index (Phi) is 5.15. The molecule has 0 rings (SSSR count). The van der Waals surface area contributed by atoms with Gasteiger partial charge in [0.15, 0.2) is 0 Å². The third-order valence-electron chi connectivity index (χ3n) is 1.68. The van der Waals surface area contributed by atoms with Crippen molar-refractivity contribution in [3.63, 3.8) is 0 Å². The average Bonchev–Trinajstić information content (AvgIpc) is 2.12. The highest BCUT2D eigenvalue weighted by Crippen LogP contribution is 2.03. The largest absolute Gasteiger partial charge is 0.467 e. The van der Waals surface area contributed by atoms with Crippen LogP contribution in [0.5, 0.6) is 0 Å². The average molecular weight is 202 g/mol. The fourth-order valence-corrected chi connectivity index (χ4v) is 0.937. The predicted molar refractivity (Wildman–Crippen MR) is 52.8 cm³/mol. The molecule has 82 valence electrons. The van der Waals surface area contributed by atoms with Crippen LogP contribution in [0.2, 0.25) is 0 Å². The van der Waals surface area contributed by atoms with Gasteiger partial charge in [0, 0.05) is 0 Å². The lowest BCUT2D eigenvalue weighted by molar-refractivity contribution is -0.149. The van der Waals surface area contributed by atoms with Crippen LogP contribution in [0.1, 0.15) is 20.8 Å². The van der Waals surface area contributed by atoms with Gasteiger partial charge < -0.3 is 15.4 Å². The van der Waals surface area contributed by atoms with Crippen LogP contribution in [-0.4, -0.2) is 37.6 Å². The third kappa shape index (κ3) is 4.23. The molecule has 0 saturated heterocycles. The highest BCUT2D eigenvalue weighted by atomic mass is 16.5. The van der Waals surface area contributed by atoms with Crippen LogP contribution in [0.15, 0.2) is 0 Å². The van der Waals surface area contributed by atoms with Gasteiger partial charge in [-0.3, -0.25) is 4.79 Å². The van der Waals surface area contributed by atoms with Crippen LogP contribution < -0.4 is 10.6 Å². The van der Waals surface area contributed by atoms with E-state index in [2.05, 4.69) is 15.4 Å². The number of hydrogen-bond donors (Lipinski definition) is 2. The summed E-state index contributed by atoms with van der Waals surface area (Å²) in [6.45, 7) is 6.02. The first-order valence-electron chi connectivity index (χ1n) is 4.54. The Morgan fingerprint density at radius 2 is 1.93 bits per heavy atom. The van der Waals surface area contributed by atoms with Gasteiger partial charge in [-0.15, -0.1) is 0 Å². The first-order valence-corrected chi connectivity index (χ1v) is 4.54.